The minimum atomic E-state index is -3.23. The van der Waals surface area contributed by atoms with E-state index in [-0.39, 0.29) is 11.5 Å². The van der Waals surface area contributed by atoms with Gasteiger partial charge in [0.15, 0.2) is 0 Å². The minimum absolute atomic E-state index is 0.0639. The molecule has 150 valence electrons. The predicted molar refractivity (Wildman–Crippen MR) is 109 cm³/mol. The molecule has 0 unspecified atom stereocenters. The molecule has 1 N–H and O–H groups in total. The Balaban J connectivity index is 1.46. The van der Waals surface area contributed by atoms with Crippen LogP contribution in [-0.4, -0.2) is 38.9 Å². The van der Waals surface area contributed by atoms with Crippen LogP contribution in [0, 0.1) is 0 Å². The fourth-order valence-corrected chi connectivity index (χ4v) is 4.70. The number of amides is 1. The number of aromatic nitrogens is 1. The lowest BCUT2D eigenvalue weighted by Crippen LogP contribution is -2.24. The number of carbonyl (C=O) groups excluding carboxylic acids is 1. The average Bonchev–Trinajstić information content (AvgIpc) is 3.35. The molecule has 1 aromatic heterocycles. The summed E-state index contributed by atoms with van der Waals surface area (Å²) < 4.78 is 35.7. The summed E-state index contributed by atoms with van der Waals surface area (Å²) in [5.74, 6) is 0.450. The van der Waals surface area contributed by atoms with Crippen molar-refractivity contribution >= 4 is 27.3 Å². The van der Waals surface area contributed by atoms with Gasteiger partial charge >= 0.3 is 0 Å². The Morgan fingerprint density at radius 3 is 2.66 bits per heavy atom. The third-order valence-electron chi connectivity index (χ3n) is 4.61. The summed E-state index contributed by atoms with van der Waals surface area (Å²) in [6, 6.07) is 15.5. The highest BCUT2D eigenvalue weighted by molar-refractivity contribution is 7.93. The first-order valence-corrected chi connectivity index (χ1v) is 10.6. The monoisotopic (exact) mass is 413 g/mol. The number of ether oxygens (including phenoxy) is 1. The van der Waals surface area contributed by atoms with E-state index < -0.39 is 15.9 Å². The summed E-state index contributed by atoms with van der Waals surface area (Å²) in [6.45, 7) is 0.471. The first-order valence-electron chi connectivity index (χ1n) is 8.99. The van der Waals surface area contributed by atoms with Crippen LogP contribution in [0.3, 0.4) is 0 Å². The molecule has 29 heavy (non-hydrogen) atoms. The Bertz CT molecular complexity index is 1140. The zero-order valence-corrected chi connectivity index (χ0v) is 16.5. The molecule has 2 heterocycles. The zero-order chi connectivity index (χ0) is 20.4. The predicted octanol–water partition coefficient (Wildman–Crippen LogP) is 3.14. The minimum Gasteiger partial charge on any atom is -0.497 e. The number of hydrogen-bond donors (Lipinski definition) is 1. The molecule has 8 nitrogen and oxygen atoms in total. The van der Waals surface area contributed by atoms with Gasteiger partial charge < -0.3 is 14.6 Å². The fraction of sp³-hybridized carbons (Fsp3) is 0.200. The summed E-state index contributed by atoms with van der Waals surface area (Å²) in [7, 11) is -1.66. The van der Waals surface area contributed by atoms with E-state index in [0.717, 1.165) is 5.56 Å². The van der Waals surface area contributed by atoms with Crippen molar-refractivity contribution in [3.63, 3.8) is 0 Å². The quantitative estimate of drug-likeness (QED) is 0.689. The molecule has 3 aromatic rings. The lowest BCUT2D eigenvalue weighted by atomic mass is 10.1. The molecule has 1 aliphatic rings. The van der Waals surface area contributed by atoms with Gasteiger partial charge in [-0.05, 0) is 42.8 Å². The number of rotatable bonds is 5. The van der Waals surface area contributed by atoms with E-state index in [4.69, 9.17) is 9.26 Å². The SMILES string of the molecule is COc1cccc(-c2cc(C(=O)Nc3ccc(N4CCCS4(=O)=O)cc3)on2)c1. The molecule has 1 aliphatic heterocycles. The second kappa shape index (κ2) is 7.59. The molecule has 1 fully saturated rings. The smallest absolute Gasteiger partial charge is 0.294 e. The van der Waals surface area contributed by atoms with Crippen LogP contribution in [0.2, 0.25) is 0 Å². The first-order chi connectivity index (χ1) is 14.0. The molecular formula is C20H19N3O5S. The Morgan fingerprint density at radius 2 is 1.97 bits per heavy atom. The summed E-state index contributed by atoms with van der Waals surface area (Å²) >= 11 is 0. The van der Waals surface area contributed by atoms with E-state index in [1.807, 2.05) is 18.2 Å². The van der Waals surface area contributed by atoms with Crippen LogP contribution in [0.25, 0.3) is 11.3 Å². The third kappa shape index (κ3) is 3.95. The maximum Gasteiger partial charge on any atom is 0.294 e. The van der Waals surface area contributed by atoms with Crippen molar-refractivity contribution in [3.8, 4) is 17.0 Å². The molecular weight excluding hydrogens is 394 g/mol. The molecule has 4 rings (SSSR count). The summed E-state index contributed by atoms with van der Waals surface area (Å²) in [5.41, 5.74) is 2.39. The van der Waals surface area contributed by atoms with Gasteiger partial charge in [-0.2, -0.15) is 0 Å². The van der Waals surface area contributed by atoms with E-state index in [0.29, 0.717) is 35.8 Å². The number of nitrogens with one attached hydrogen (secondary N) is 1. The number of sulfonamides is 1. The number of anilines is 2. The van der Waals surface area contributed by atoms with E-state index >= 15 is 0 Å². The lowest BCUT2D eigenvalue weighted by molar-refractivity contribution is 0.0988. The van der Waals surface area contributed by atoms with Crippen molar-refractivity contribution in [2.75, 3.05) is 29.0 Å². The van der Waals surface area contributed by atoms with Gasteiger partial charge in [-0.15, -0.1) is 0 Å². The normalized spacial score (nSPS) is 15.3. The molecule has 0 bridgehead atoms. The summed E-state index contributed by atoms with van der Waals surface area (Å²) in [6.07, 6.45) is 0.613. The Kier molecular flexibility index (Phi) is 4.98. The Labute approximate surface area is 168 Å². The molecule has 0 saturated carbocycles. The van der Waals surface area contributed by atoms with Gasteiger partial charge in [0.2, 0.25) is 15.8 Å². The van der Waals surface area contributed by atoms with Gasteiger partial charge in [-0.25, -0.2) is 8.42 Å². The van der Waals surface area contributed by atoms with Crippen molar-refractivity contribution in [3.05, 3.63) is 60.4 Å². The zero-order valence-electron chi connectivity index (χ0n) is 15.7. The number of methoxy groups -OCH3 is 1. The Morgan fingerprint density at radius 1 is 1.17 bits per heavy atom. The van der Waals surface area contributed by atoms with Gasteiger partial charge in [0.25, 0.3) is 5.91 Å². The van der Waals surface area contributed by atoms with E-state index in [1.165, 1.54) is 4.31 Å². The number of nitrogens with zero attached hydrogens (tertiary/aromatic N) is 2. The van der Waals surface area contributed by atoms with Gasteiger partial charge in [0.05, 0.1) is 18.6 Å². The van der Waals surface area contributed by atoms with Crippen LogP contribution < -0.4 is 14.4 Å². The lowest BCUT2D eigenvalue weighted by Gasteiger charge is -2.17. The largest absolute Gasteiger partial charge is 0.497 e. The van der Waals surface area contributed by atoms with Crippen molar-refractivity contribution < 1.29 is 22.5 Å². The second-order valence-corrected chi connectivity index (χ2v) is 8.56. The summed E-state index contributed by atoms with van der Waals surface area (Å²) in [5, 5.41) is 6.66. The summed E-state index contributed by atoms with van der Waals surface area (Å²) in [4.78, 5) is 12.5. The van der Waals surface area contributed by atoms with Crippen molar-refractivity contribution in [2.45, 2.75) is 6.42 Å². The van der Waals surface area contributed by atoms with Crippen LogP contribution in [0.15, 0.2) is 59.1 Å². The van der Waals surface area contributed by atoms with Gasteiger partial charge in [0, 0.05) is 23.9 Å². The van der Waals surface area contributed by atoms with Crippen LogP contribution in [-0.2, 0) is 10.0 Å². The number of hydrogen-bond acceptors (Lipinski definition) is 6. The maximum atomic E-state index is 12.5. The number of benzene rings is 2. The van der Waals surface area contributed by atoms with E-state index in [2.05, 4.69) is 10.5 Å². The highest BCUT2D eigenvalue weighted by atomic mass is 32.2. The standard InChI is InChI=1S/C20H19N3O5S/c1-27-17-5-2-4-14(12-17)18-13-19(28-22-18)20(24)21-15-6-8-16(9-7-15)23-10-3-11-29(23,25)26/h2,4-9,12-13H,3,10-11H2,1H3,(H,21,24). The highest BCUT2D eigenvalue weighted by Gasteiger charge is 2.28. The molecule has 0 radical (unpaired) electrons. The Hall–Kier alpha value is -3.33. The fourth-order valence-electron chi connectivity index (χ4n) is 3.13. The molecule has 1 saturated heterocycles. The highest BCUT2D eigenvalue weighted by Crippen LogP contribution is 2.26. The average molecular weight is 413 g/mol. The molecule has 1 amide bonds. The molecule has 0 spiro atoms. The van der Waals surface area contributed by atoms with Crippen molar-refractivity contribution in [2.24, 2.45) is 0 Å². The molecule has 0 aliphatic carbocycles. The van der Waals surface area contributed by atoms with Crippen molar-refractivity contribution in [1.82, 2.24) is 5.16 Å². The first kappa shape index (κ1) is 19.0. The third-order valence-corrected chi connectivity index (χ3v) is 6.48. The van der Waals surface area contributed by atoms with Crippen LogP contribution in [0.5, 0.6) is 5.75 Å². The van der Waals surface area contributed by atoms with Gasteiger partial charge in [-0.1, -0.05) is 17.3 Å². The van der Waals surface area contributed by atoms with E-state index in [9.17, 15) is 13.2 Å². The van der Waals surface area contributed by atoms with Gasteiger partial charge in [-0.3, -0.25) is 9.10 Å². The number of carbonyl (C=O) groups is 1. The second-order valence-electron chi connectivity index (χ2n) is 6.55. The van der Waals surface area contributed by atoms with Crippen LogP contribution in [0.4, 0.5) is 11.4 Å². The van der Waals surface area contributed by atoms with Crippen LogP contribution in [0.1, 0.15) is 17.0 Å². The molecule has 9 heteroatoms. The van der Waals surface area contributed by atoms with E-state index in [1.54, 1.807) is 43.5 Å². The molecule has 2 aromatic carbocycles. The van der Waals surface area contributed by atoms with Crippen LogP contribution >= 0.6 is 0 Å². The van der Waals surface area contributed by atoms with Crippen molar-refractivity contribution in [1.29, 1.82) is 0 Å². The maximum absolute atomic E-state index is 12.5. The molecule has 0 atom stereocenters. The van der Waals surface area contributed by atoms with Gasteiger partial charge in [0.1, 0.15) is 11.4 Å². The topological polar surface area (TPSA) is 102 Å².